The fourth-order valence-electron chi connectivity index (χ4n) is 3.33. The van der Waals surface area contributed by atoms with E-state index >= 15 is 0 Å². The van der Waals surface area contributed by atoms with Gasteiger partial charge in [0.25, 0.3) is 0 Å². The number of carbonyl (C=O) groups is 2. The van der Waals surface area contributed by atoms with E-state index in [4.69, 9.17) is 0 Å². The number of nitrogens with zero attached hydrogens (tertiary/aromatic N) is 4. The molecule has 2 amide bonds. The Morgan fingerprint density at radius 2 is 2.14 bits per heavy atom. The van der Waals surface area contributed by atoms with Gasteiger partial charge in [0.2, 0.25) is 11.8 Å². The number of nitrogens with one attached hydrogen (secondary N) is 2. The second kappa shape index (κ2) is 8.97. The highest BCUT2D eigenvalue weighted by atomic mass is 32.1. The van der Waals surface area contributed by atoms with Gasteiger partial charge in [0.15, 0.2) is 0 Å². The van der Waals surface area contributed by atoms with Gasteiger partial charge >= 0.3 is 0 Å². The quantitative estimate of drug-likeness (QED) is 0.613. The second-order valence-electron chi connectivity index (χ2n) is 6.84. The van der Waals surface area contributed by atoms with Crippen LogP contribution >= 0.6 is 11.3 Å². The van der Waals surface area contributed by atoms with Crippen molar-refractivity contribution in [3.63, 3.8) is 0 Å². The van der Waals surface area contributed by atoms with Crippen molar-refractivity contribution in [2.45, 2.75) is 25.6 Å². The predicted octanol–water partition coefficient (Wildman–Crippen LogP) is 1.34. The van der Waals surface area contributed by atoms with Gasteiger partial charge in [-0.15, -0.1) is 11.3 Å². The van der Waals surface area contributed by atoms with Gasteiger partial charge in [-0.05, 0) is 29.1 Å². The van der Waals surface area contributed by atoms with Crippen molar-refractivity contribution in [1.29, 1.82) is 0 Å². The Bertz CT molecular complexity index is 940. The lowest BCUT2D eigenvalue weighted by Gasteiger charge is -2.34. The van der Waals surface area contributed by atoms with Gasteiger partial charge < -0.3 is 10.6 Å². The number of aromatic nitrogens is 3. The fourth-order valence-corrected chi connectivity index (χ4v) is 4.06. The van der Waals surface area contributed by atoms with Crippen LogP contribution in [0.2, 0.25) is 0 Å². The largest absolute Gasteiger partial charge is 0.353 e. The minimum atomic E-state index is -0.444. The molecule has 0 aliphatic carbocycles. The number of amides is 2. The third kappa shape index (κ3) is 4.87. The Morgan fingerprint density at radius 3 is 2.86 bits per heavy atom. The summed E-state index contributed by atoms with van der Waals surface area (Å²) >= 11 is 1.66. The fraction of sp³-hybridized carbons (Fsp3) is 0.300. The average Bonchev–Trinajstić information content (AvgIpc) is 3.44. The van der Waals surface area contributed by atoms with Gasteiger partial charge in [-0.2, -0.15) is 5.10 Å². The smallest absolute Gasteiger partial charge is 0.237 e. The van der Waals surface area contributed by atoms with Crippen molar-refractivity contribution in [3.05, 3.63) is 64.9 Å². The van der Waals surface area contributed by atoms with Crippen molar-refractivity contribution >= 4 is 23.2 Å². The van der Waals surface area contributed by atoms with Crippen LogP contribution in [0.15, 0.2) is 54.4 Å². The summed E-state index contributed by atoms with van der Waals surface area (Å²) in [6.07, 6.45) is 3.26. The third-order valence-electron chi connectivity index (χ3n) is 4.87. The topological polar surface area (TPSA) is 92.2 Å². The van der Waals surface area contributed by atoms with E-state index in [2.05, 4.69) is 31.7 Å². The molecule has 0 radical (unpaired) electrons. The van der Waals surface area contributed by atoms with E-state index in [1.807, 2.05) is 35.7 Å². The third-order valence-corrected chi connectivity index (χ3v) is 5.73. The molecule has 2 aromatic heterocycles. The first-order valence-electron chi connectivity index (χ1n) is 9.44. The Hall–Kier alpha value is -3.04. The summed E-state index contributed by atoms with van der Waals surface area (Å²) in [7, 11) is 0. The molecule has 0 spiro atoms. The Kier molecular flexibility index (Phi) is 5.97. The van der Waals surface area contributed by atoms with Crippen LogP contribution in [-0.2, 0) is 22.7 Å². The van der Waals surface area contributed by atoms with Crippen LogP contribution in [0.25, 0.3) is 5.69 Å². The maximum Gasteiger partial charge on any atom is 0.237 e. The average molecular weight is 411 g/mol. The summed E-state index contributed by atoms with van der Waals surface area (Å²) in [6, 6.07) is 11.3. The molecule has 9 heteroatoms. The van der Waals surface area contributed by atoms with E-state index in [1.54, 1.807) is 22.3 Å². The highest BCUT2D eigenvalue weighted by Gasteiger charge is 2.31. The first kappa shape index (κ1) is 19.3. The molecule has 1 fully saturated rings. The van der Waals surface area contributed by atoms with E-state index in [-0.39, 0.29) is 18.2 Å². The lowest BCUT2D eigenvalue weighted by molar-refractivity contribution is -0.134. The number of hydrogen-bond donors (Lipinski definition) is 2. The Balaban J connectivity index is 1.32. The molecule has 8 nitrogen and oxygen atoms in total. The van der Waals surface area contributed by atoms with Crippen molar-refractivity contribution < 1.29 is 9.59 Å². The van der Waals surface area contributed by atoms with Gasteiger partial charge in [0.05, 0.1) is 18.2 Å². The van der Waals surface area contributed by atoms with Crippen LogP contribution in [0, 0.1) is 0 Å². The molecule has 2 N–H and O–H groups in total. The SMILES string of the molecule is O=C(C[C@H]1C(=O)NCCN1Cc1cccs1)NCc1ccc(-n2cncn2)cc1. The molecule has 0 saturated carbocycles. The Labute approximate surface area is 172 Å². The number of hydrogen-bond acceptors (Lipinski definition) is 6. The molecule has 0 bridgehead atoms. The molecular weight excluding hydrogens is 388 g/mol. The summed E-state index contributed by atoms with van der Waals surface area (Å²) in [5.41, 5.74) is 1.88. The van der Waals surface area contributed by atoms with Gasteiger partial charge in [0, 0.05) is 31.1 Å². The summed E-state index contributed by atoms with van der Waals surface area (Å²) in [6.45, 7) is 2.45. The van der Waals surface area contributed by atoms with Crippen LogP contribution in [0.4, 0.5) is 0 Å². The molecule has 1 aliphatic heterocycles. The van der Waals surface area contributed by atoms with E-state index in [9.17, 15) is 9.59 Å². The highest BCUT2D eigenvalue weighted by Crippen LogP contribution is 2.17. The molecule has 1 aromatic carbocycles. The first-order valence-corrected chi connectivity index (χ1v) is 10.3. The minimum Gasteiger partial charge on any atom is -0.353 e. The summed E-state index contributed by atoms with van der Waals surface area (Å²) in [4.78, 5) is 32.0. The molecule has 3 aromatic rings. The molecule has 0 unspecified atom stereocenters. The maximum atomic E-state index is 12.5. The summed E-state index contributed by atoms with van der Waals surface area (Å²) in [5, 5.41) is 11.9. The predicted molar refractivity (Wildman–Crippen MR) is 109 cm³/mol. The Morgan fingerprint density at radius 1 is 1.28 bits per heavy atom. The molecule has 1 saturated heterocycles. The zero-order valence-corrected chi connectivity index (χ0v) is 16.6. The zero-order valence-electron chi connectivity index (χ0n) is 15.8. The molecular formula is C20H22N6O2S. The van der Waals surface area contributed by atoms with E-state index < -0.39 is 6.04 Å². The monoisotopic (exact) mass is 410 g/mol. The maximum absolute atomic E-state index is 12.5. The second-order valence-corrected chi connectivity index (χ2v) is 7.88. The molecule has 3 heterocycles. The van der Waals surface area contributed by atoms with Crippen LogP contribution in [0.3, 0.4) is 0 Å². The highest BCUT2D eigenvalue weighted by molar-refractivity contribution is 7.09. The van der Waals surface area contributed by atoms with Gasteiger partial charge in [-0.1, -0.05) is 18.2 Å². The molecule has 150 valence electrons. The van der Waals surface area contributed by atoms with Gasteiger partial charge in [0.1, 0.15) is 12.7 Å². The lowest BCUT2D eigenvalue weighted by atomic mass is 10.1. The van der Waals surface area contributed by atoms with Crippen molar-refractivity contribution in [1.82, 2.24) is 30.3 Å². The van der Waals surface area contributed by atoms with E-state index in [0.29, 0.717) is 19.6 Å². The van der Waals surface area contributed by atoms with Gasteiger partial charge in [-0.25, -0.2) is 9.67 Å². The molecule has 29 heavy (non-hydrogen) atoms. The number of carbonyl (C=O) groups excluding carboxylic acids is 2. The number of benzene rings is 1. The molecule has 1 aliphatic rings. The van der Waals surface area contributed by atoms with Crippen LogP contribution in [0.1, 0.15) is 16.9 Å². The number of thiophene rings is 1. The van der Waals surface area contributed by atoms with Crippen LogP contribution in [0.5, 0.6) is 0 Å². The van der Waals surface area contributed by atoms with Crippen LogP contribution in [-0.4, -0.2) is 50.6 Å². The van der Waals surface area contributed by atoms with E-state index in [0.717, 1.165) is 17.8 Å². The minimum absolute atomic E-state index is 0.0832. The first-order chi connectivity index (χ1) is 14.2. The lowest BCUT2D eigenvalue weighted by Crippen LogP contribution is -2.56. The van der Waals surface area contributed by atoms with Crippen molar-refractivity contribution in [2.75, 3.05) is 13.1 Å². The summed E-state index contributed by atoms with van der Waals surface area (Å²) in [5.74, 6) is -0.219. The van der Waals surface area contributed by atoms with Crippen LogP contribution < -0.4 is 10.6 Å². The van der Waals surface area contributed by atoms with Gasteiger partial charge in [-0.3, -0.25) is 14.5 Å². The normalized spacial score (nSPS) is 17.1. The molecule has 4 rings (SSSR count). The molecule has 1 atom stereocenters. The summed E-state index contributed by atoms with van der Waals surface area (Å²) < 4.78 is 1.67. The van der Waals surface area contributed by atoms with E-state index in [1.165, 1.54) is 11.2 Å². The van der Waals surface area contributed by atoms with Crippen molar-refractivity contribution in [3.8, 4) is 5.69 Å². The number of rotatable bonds is 7. The van der Waals surface area contributed by atoms with Crippen molar-refractivity contribution in [2.24, 2.45) is 0 Å². The number of piperazine rings is 1. The standard InChI is InChI=1S/C20H22N6O2S/c27-19(23-11-15-3-5-16(6-4-15)26-14-21-13-24-26)10-18-20(28)22-7-8-25(18)12-17-2-1-9-29-17/h1-6,9,13-14,18H,7-8,10-12H2,(H,22,28)(H,23,27)/t18-/m0/s1. The zero-order chi connectivity index (χ0) is 20.1.